The highest BCUT2D eigenvalue weighted by molar-refractivity contribution is 5.93. The van der Waals surface area contributed by atoms with Gasteiger partial charge in [0.1, 0.15) is 5.69 Å². The van der Waals surface area contributed by atoms with Gasteiger partial charge in [-0.15, -0.1) is 12.3 Å². The number of carbonyl (C=O) groups excluding carboxylic acids is 1. The summed E-state index contributed by atoms with van der Waals surface area (Å²) in [6.07, 6.45) is 8.59. The highest BCUT2D eigenvalue weighted by atomic mass is 16.6. The summed E-state index contributed by atoms with van der Waals surface area (Å²) in [6, 6.07) is 1.30. The van der Waals surface area contributed by atoms with E-state index >= 15 is 0 Å². The van der Waals surface area contributed by atoms with E-state index in [-0.39, 0.29) is 11.6 Å². The molecule has 1 amide bonds. The number of aryl methyl sites for hydroxylation is 1. The van der Waals surface area contributed by atoms with Crippen LogP contribution >= 0.6 is 0 Å². The fourth-order valence-corrected chi connectivity index (χ4v) is 1.69. The summed E-state index contributed by atoms with van der Waals surface area (Å²) in [4.78, 5) is 22.2. The monoisotopic (exact) mass is 263 g/mol. The highest BCUT2D eigenvalue weighted by Gasteiger charge is 2.18. The van der Waals surface area contributed by atoms with E-state index in [0.29, 0.717) is 31.6 Å². The third-order valence-corrected chi connectivity index (χ3v) is 2.57. The van der Waals surface area contributed by atoms with Crippen LogP contribution in [-0.2, 0) is 6.54 Å². The van der Waals surface area contributed by atoms with Crippen molar-refractivity contribution >= 4 is 11.6 Å². The van der Waals surface area contributed by atoms with Gasteiger partial charge in [0.05, 0.1) is 11.1 Å². The number of amides is 1. The minimum Gasteiger partial charge on any atom is -0.351 e. The van der Waals surface area contributed by atoms with E-state index in [1.54, 1.807) is 4.57 Å². The predicted octanol–water partition coefficient (Wildman–Crippen LogP) is 1.95. The Kier molecular flexibility index (Phi) is 5.61. The molecule has 0 saturated carbocycles. The first-order chi connectivity index (χ1) is 9.10. The molecule has 0 bridgehead atoms. The first-order valence-electron chi connectivity index (χ1n) is 6.16. The fourth-order valence-electron chi connectivity index (χ4n) is 1.69. The molecule has 1 N–H and O–H groups in total. The number of nitrogens with one attached hydrogen (secondary N) is 1. The van der Waals surface area contributed by atoms with Crippen molar-refractivity contribution in [3.8, 4) is 12.3 Å². The number of hydrogen-bond donors (Lipinski definition) is 1. The molecule has 0 aliphatic heterocycles. The van der Waals surface area contributed by atoms with Crippen molar-refractivity contribution in [1.29, 1.82) is 0 Å². The number of terminal acetylenes is 1. The molecule has 1 aromatic rings. The Morgan fingerprint density at radius 3 is 2.95 bits per heavy atom. The summed E-state index contributed by atoms with van der Waals surface area (Å²) >= 11 is 0. The Morgan fingerprint density at radius 2 is 2.37 bits per heavy atom. The number of unbranched alkanes of at least 4 members (excludes halogenated alkanes) is 1. The maximum atomic E-state index is 11.9. The van der Waals surface area contributed by atoms with E-state index in [1.807, 2.05) is 6.92 Å². The van der Waals surface area contributed by atoms with E-state index in [0.717, 1.165) is 6.42 Å². The average Bonchev–Trinajstić information content (AvgIpc) is 2.79. The van der Waals surface area contributed by atoms with Gasteiger partial charge in [0.2, 0.25) is 0 Å². The zero-order valence-corrected chi connectivity index (χ0v) is 10.9. The molecule has 1 rings (SSSR count). The van der Waals surface area contributed by atoms with E-state index in [2.05, 4.69) is 11.2 Å². The van der Waals surface area contributed by atoms with Crippen LogP contribution in [0.5, 0.6) is 0 Å². The van der Waals surface area contributed by atoms with Crippen LogP contribution in [0.1, 0.15) is 36.7 Å². The lowest BCUT2D eigenvalue weighted by Gasteiger charge is -2.07. The Balaban J connectivity index is 2.76. The first kappa shape index (κ1) is 14.8. The zero-order chi connectivity index (χ0) is 14.3. The molecule has 0 aliphatic rings. The summed E-state index contributed by atoms with van der Waals surface area (Å²) in [6.45, 7) is 2.98. The van der Waals surface area contributed by atoms with Crippen molar-refractivity contribution in [2.75, 3.05) is 6.54 Å². The van der Waals surface area contributed by atoms with Crippen molar-refractivity contribution in [1.82, 2.24) is 9.88 Å². The Morgan fingerprint density at radius 1 is 1.63 bits per heavy atom. The minimum absolute atomic E-state index is 0.0674. The molecule has 1 aromatic heterocycles. The van der Waals surface area contributed by atoms with Gasteiger partial charge in [-0.1, -0.05) is 6.92 Å². The second-order valence-electron chi connectivity index (χ2n) is 4.10. The van der Waals surface area contributed by atoms with E-state index in [4.69, 9.17) is 6.42 Å². The van der Waals surface area contributed by atoms with E-state index in [1.165, 1.54) is 12.3 Å². The van der Waals surface area contributed by atoms with Crippen LogP contribution in [-0.4, -0.2) is 21.9 Å². The number of rotatable bonds is 7. The van der Waals surface area contributed by atoms with Crippen molar-refractivity contribution in [2.24, 2.45) is 0 Å². The molecule has 102 valence electrons. The predicted molar refractivity (Wildman–Crippen MR) is 71.8 cm³/mol. The Hall–Kier alpha value is -2.29. The molecule has 0 aromatic carbocycles. The van der Waals surface area contributed by atoms with Crippen LogP contribution < -0.4 is 5.32 Å². The van der Waals surface area contributed by atoms with Gasteiger partial charge in [-0.25, -0.2) is 0 Å². The summed E-state index contributed by atoms with van der Waals surface area (Å²) in [5.41, 5.74) is 0.247. The molecular formula is C13H17N3O3. The van der Waals surface area contributed by atoms with Crippen LogP contribution in [0.2, 0.25) is 0 Å². The second-order valence-corrected chi connectivity index (χ2v) is 4.10. The van der Waals surface area contributed by atoms with Gasteiger partial charge < -0.3 is 9.88 Å². The van der Waals surface area contributed by atoms with Gasteiger partial charge in [0, 0.05) is 25.6 Å². The first-order valence-corrected chi connectivity index (χ1v) is 6.16. The van der Waals surface area contributed by atoms with Crippen LogP contribution in [0.15, 0.2) is 12.3 Å². The lowest BCUT2D eigenvalue weighted by Crippen LogP contribution is -2.26. The maximum absolute atomic E-state index is 11.9. The highest BCUT2D eigenvalue weighted by Crippen LogP contribution is 2.17. The maximum Gasteiger partial charge on any atom is 0.287 e. The Bertz CT molecular complexity index is 500. The third-order valence-electron chi connectivity index (χ3n) is 2.57. The quantitative estimate of drug-likeness (QED) is 0.353. The molecule has 0 spiro atoms. The lowest BCUT2D eigenvalue weighted by molar-refractivity contribution is -0.384. The number of carbonyl (C=O) groups is 1. The molecule has 6 nitrogen and oxygen atoms in total. The minimum atomic E-state index is -0.499. The SMILES string of the molecule is C#CCCCNC(=O)c1cc([N+](=O)[O-])cn1CCC. The molecular weight excluding hydrogens is 246 g/mol. The molecule has 6 heteroatoms. The summed E-state index contributed by atoms with van der Waals surface area (Å²) in [7, 11) is 0. The van der Waals surface area contributed by atoms with Gasteiger partial charge in [-0.2, -0.15) is 0 Å². The zero-order valence-electron chi connectivity index (χ0n) is 10.9. The van der Waals surface area contributed by atoms with Crippen molar-refractivity contribution in [3.63, 3.8) is 0 Å². The van der Waals surface area contributed by atoms with Crippen LogP contribution in [0, 0.1) is 22.5 Å². The van der Waals surface area contributed by atoms with Crippen LogP contribution in [0.25, 0.3) is 0 Å². The van der Waals surface area contributed by atoms with Crippen molar-refractivity contribution in [3.05, 3.63) is 28.1 Å². The number of nitrogens with zero attached hydrogens (tertiary/aromatic N) is 2. The normalized spacial score (nSPS) is 9.89. The van der Waals surface area contributed by atoms with E-state index in [9.17, 15) is 14.9 Å². The Labute approximate surface area is 111 Å². The van der Waals surface area contributed by atoms with Crippen LogP contribution in [0.3, 0.4) is 0 Å². The van der Waals surface area contributed by atoms with E-state index < -0.39 is 4.92 Å². The number of hydrogen-bond acceptors (Lipinski definition) is 3. The van der Waals surface area contributed by atoms with Gasteiger partial charge in [-0.05, 0) is 12.8 Å². The summed E-state index contributed by atoms with van der Waals surface area (Å²) in [5.74, 6) is 2.18. The molecule has 0 fully saturated rings. The largest absolute Gasteiger partial charge is 0.351 e. The summed E-state index contributed by atoms with van der Waals surface area (Å²) < 4.78 is 1.61. The third kappa shape index (κ3) is 4.14. The van der Waals surface area contributed by atoms with Crippen molar-refractivity contribution in [2.45, 2.75) is 32.7 Å². The molecule has 1 heterocycles. The van der Waals surface area contributed by atoms with Crippen molar-refractivity contribution < 1.29 is 9.72 Å². The van der Waals surface area contributed by atoms with Gasteiger partial charge in [0.25, 0.3) is 11.6 Å². The van der Waals surface area contributed by atoms with Crippen LogP contribution in [0.4, 0.5) is 5.69 Å². The number of aromatic nitrogens is 1. The molecule has 0 saturated heterocycles. The summed E-state index contributed by atoms with van der Waals surface area (Å²) in [5, 5.41) is 13.4. The number of nitro groups is 1. The average molecular weight is 263 g/mol. The van der Waals surface area contributed by atoms with Gasteiger partial charge in [0.15, 0.2) is 0 Å². The molecule has 19 heavy (non-hydrogen) atoms. The second kappa shape index (κ2) is 7.21. The molecule has 0 atom stereocenters. The van der Waals surface area contributed by atoms with Gasteiger partial charge >= 0.3 is 0 Å². The fraction of sp³-hybridized carbons (Fsp3) is 0.462. The standard InChI is InChI=1S/C13H17N3O3/c1-3-5-6-7-14-13(17)12-9-11(16(18)19)10-15(12)8-4-2/h1,9-10H,4-8H2,2H3,(H,14,17). The lowest BCUT2D eigenvalue weighted by atomic mass is 10.3. The van der Waals surface area contributed by atoms with Gasteiger partial charge in [-0.3, -0.25) is 14.9 Å². The smallest absolute Gasteiger partial charge is 0.287 e. The topological polar surface area (TPSA) is 77.2 Å². The molecule has 0 radical (unpaired) electrons. The molecule has 0 unspecified atom stereocenters. The molecule has 0 aliphatic carbocycles.